The molecular formula is C15H6N4O3. The van der Waals surface area contributed by atoms with Crippen LogP contribution >= 0.6 is 0 Å². The fraction of sp³-hybridized carbons (Fsp3) is 0.0667. The third kappa shape index (κ3) is 1.44. The molecule has 0 saturated carbocycles. The summed E-state index contributed by atoms with van der Waals surface area (Å²) in [6, 6.07) is 11.5. The topological polar surface area (TPSA) is 137 Å². The number of nitriles is 3. The molecule has 0 bridgehead atoms. The van der Waals surface area contributed by atoms with Gasteiger partial charge in [0.2, 0.25) is 11.3 Å². The zero-order chi connectivity index (χ0) is 15.9. The number of nitrogens with two attached hydrogens (primary N) is 1. The second kappa shape index (κ2) is 4.37. The molecular weight excluding hydrogens is 284 g/mol. The normalized spacial score (nSPS) is 15.1. The lowest BCUT2D eigenvalue weighted by atomic mass is 9.75. The van der Waals surface area contributed by atoms with Crippen molar-refractivity contribution in [2.75, 3.05) is 0 Å². The highest BCUT2D eigenvalue weighted by Crippen LogP contribution is 2.43. The van der Waals surface area contributed by atoms with Crippen molar-refractivity contribution in [2.24, 2.45) is 5.73 Å². The predicted octanol–water partition coefficient (Wildman–Crippen LogP) is 1.16. The van der Waals surface area contributed by atoms with Crippen LogP contribution in [0.5, 0.6) is 5.75 Å². The van der Waals surface area contributed by atoms with Gasteiger partial charge in [0.05, 0.1) is 17.5 Å². The van der Waals surface area contributed by atoms with Crippen molar-refractivity contribution in [3.05, 3.63) is 51.7 Å². The van der Waals surface area contributed by atoms with Crippen LogP contribution in [0.3, 0.4) is 0 Å². The highest BCUT2D eigenvalue weighted by molar-refractivity contribution is 5.87. The standard InChI is InChI=1S/C15H6N4O3/c16-5-9-13(19)22-12-8-3-1-2-4-10(8)21-14(20)11(12)15(9,6-17)7-18/h1-4H,19H2. The number of rotatable bonds is 0. The number of allylic oxidation sites excluding steroid dienone is 1. The van der Waals surface area contributed by atoms with Gasteiger partial charge in [0, 0.05) is 0 Å². The molecule has 2 N–H and O–H groups in total. The van der Waals surface area contributed by atoms with E-state index in [1.807, 2.05) is 0 Å². The Kier molecular flexibility index (Phi) is 2.63. The number of hydrogen-bond donors (Lipinski definition) is 1. The van der Waals surface area contributed by atoms with Gasteiger partial charge in [-0.2, -0.15) is 15.8 Å². The minimum atomic E-state index is -2.16. The number of para-hydroxylation sites is 1. The van der Waals surface area contributed by atoms with E-state index in [4.69, 9.17) is 14.9 Å². The van der Waals surface area contributed by atoms with E-state index in [1.165, 1.54) is 0 Å². The molecule has 22 heavy (non-hydrogen) atoms. The SMILES string of the molecule is N#CC1=C(N)Oc2c(c(=O)oc3ccccc23)C1(C#N)C#N. The van der Waals surface area contributed by atoms with Gasteiger partial charge in [-0.05, 0) is 12.1 Å². The molecule has 1 aromatic heterocycles. The summed E-state index contributed by atoms with van der Waals surface area (Å²) in [4.78, 5) is 12.3. The highest BCUT2D eigenvalue weighted by Gasteiger charge is 2.49. The Morgan fingerprint density at radius 3 is 2.45 bits per heavy atom. The van der Waals surface area contributed by atoms with Crippen LogP contribution < -0.4 is 16.1 Å². The van der Waals surface area contributed by atoms with Gasteiger partial charge >= 0.3 is 5.63 Å². The maximum Gasteiger partial charge on any atom is 0.346 e. The Labute approximate surface area is 123 Å². The molecule has 0 spiro atoms. The smallest absolute Gasteiger partial charge is 0.346 e. The van der Waals surface area contributed by atoms with E-state index in [-0.39, 0.29) is 22.8 Å². The van der Waals surface area contributed by atoms with Crippen LogP contribution in [0.4, 0.5) is 0 Å². The molecule has 1 aromatic carbocycles. The molecule has 7 nitrogen and oxygen atoms in total. The molecule has 0 radical (unpaired) electrons. The summed E-state index contributed by atoms with van der Waals surface area (Å²) in [5.74, 6) is -0.416. The molecule has 1 aliphatic rings. The van der Waals surface area contributed by atoms with Gasteiger partial charge in [-0.3, -0.25) is 0 Å². The Morgan fingerprint density at radius 1 is 1.14 bits per heavy atom. The fourth-order valence-electron chi connectivity index (χ4n) is 2.41. The van der Waals surface area contributed by atoms with Crippen LogP contribution in [0.2, 0.25) is 0 Å². The minimum absolute atomic E-state index is 0.0357. The Hall–Kier alpha value is -3.76. The maximum absolute atomic E-state index is 12.3. The van der Waals surface area contributed by atoms with E-state index in [0.717, 1.165) is 0 Å². The number of nitrogens with zero attached hydrogens (tertiary/aromatic N) is 3. The Bertz CT molecular complexity index is 1010. The number of benzene rings is 1. The van der Waals surface area contributed by atoms with Gasteiger partial charge < -0.3 is 14.9 Å². The minimum Gasteiger partial charge on any atom is -0.439 e. The monoisotopic (exact) mass is 290 g/mol. The van der Waals surface area contributed by atoms with Gasteiger partial charge in [-0.15, -0.1) is 0 Å². The molecule has 2 heterocycles. The maximum atomic E-state index is 12.3. The summed E-state index contributed by atoms with van der Waals surface area (Å²) >= 11 is 0. The van der Waals surface area contributed by atoms with Crippen LogP contribution in [-0.4, -0.2) is 0 Å². The Balaban J connectivity index is 2.57. The van der Waals surface area contributed by atoms with E-state index in [0.29, 0.717) is 5.39 Å². The zero-order valence-corrected chi connectivity index (χ0v) is 11.0. The van der Waals surface area contributed by atoms with Crippen molar-refractivity contribution in [1.29, 1.82) is 15.8 Å². The predicted molar refractivity (Wildman–Crippen MR) is 72.8 cm³/mol. The van der Waals surface area contributed by atoms with Crippen LogP contribution in [0.25, 0.3) is 11.0 Å². The van der Waals surface area contributed by atoms with E-state index < -0.39 is 16.6 Å². The van der Waals surface area contributed by atoms with Crippen LogP contribution in [0, 0.1) is 34.0 Å². The van der Waals surface area contributed by atoms with Crippen molar-refractivity contribution < 1.29 is 9.15 Å². The van der Waals surface area contributed by atoms with Crippen molar-refractivity contribution >= 4 is 11.0 Å². The van der Waals surface area contributed by atoms with E-state index in [1.54, 1.807) is 42.5 Å². The molecule has 0 atom stereocenters. The van der Waals surface area contributed by atoms with E-state index in [2.05, 4.69) is 0 Å². The number of hydrogen-bond acceptors (Lipinski definition) is 7. The molecule has 0 amide bonds. The first-order valence-corrected chi connectivity index (χ1v) is 6.06. The third-order valence-corrected chi connectivity index (χ3v) is 3.42. The number of ether oxygens (including phenoxy) is 1. The van der Waals surface area contributed by atoms with Crippen LogP contribution in [0.1, 0.15) is 5.56 Å². The summed E-state index contributed by atoms with van der Waals surface area (Å²) in [6.07, 6.45) is 0. The molecule has 0 fully saturated rings. The zero-order valence-electron chi connectivity index (χ0n) is 11.0. The molecule has 0 unspecified atom stereocenters. The van der Waals surface area contributed by atoms with Gasteiger partial charge in [0.15, 0.2) is 5.75 Å². The van der Waals surface area contributed by atoms with Gasteiger partial charge in [-0.25, -0.2) is 4.79 Å². The van der Waals surface area contributed by atoms with Crippen molar-refractivity contribution in [3.63, 3.8) is 0 Å². The van der Waals surface area contributed by atoms with Crippen LogP contribution in [0.15, 0.2) is 44.9 Å². The van der Waals surface area contributed by atoms with Crippen molar-refractivity contribution in [1.82, 2.24) is 0 Å². The van der Waals surface area contributed by atoms with Crippen molar-refractivity contribution in [3.8, 4) is 24.0 Å². The third-order valence-electron chi connectivity index (χ3n) is 3.42. The van der Waals surface area contributed by atoms with Crippen LogP contribution in [-0.2, 0) is 5.41 Å². The average molecular weight is 290 g/mol. The molecule has 0 saturated heterocycles. The quantitative estimate of drug-likeness (QED) is 0.718. The number of fused-ring (bicyclic) bond motifs is 3. The first kappa shape index (κ1) is 13.2. The largest absolute Gasteiger partial charge is 0.439 e. The van der Waals surface area contributed by atoms with Gasteiger partial charge in [0.1, 0.15) is 22.8 Å². The summed E-state index contributed by atoms with van der Waals surface area (Å²) in [7, 11) is 0. The first-order valence-electron chi connectivity index (χ1n) is 6.06. The lowest BCUT2D eigenvalue weighted by Gasteiger charge is -2.26. The summed E-state index contributed by atoms with van der Waals surface area (Å²) < 4.78 is 10.5. The summed E-state index contributed by atoms with van der Waals surface area (Å²) in [5, 5.41) is 28.5. The van der Waals surface area contributed by atoms with E-state index >= 15 is 0 Å². The summed E-state index contributed by atoms with van der Waals surface area (Å²) in [5.41, 5.74) is 2.07. The second-order valence-corrected chi connectivity index (χ2v) is 4.52. The fourth-order valence-corrected chi connectivity index (χ4v) is 2.41. The molecule has 1 aliphatic heterocycles. The second-order valence-electron chi connectivity index (χ2n) is 4.52. The molecule has 2 aromatic rings. The molecule has 3 rings (SSSR count). The summed E-state index contributed by atoms with van der Waals surface area (Å²) in [6.45, 7) is 0. The van der Waals surface area contributed by atoms with Gasteiger partial charge in [-0.1, -0.05) is 12.1 Å². The van der Waals surface area contributed by atoms with Crippen molar-refractivity contribution in [2.45, 2.75) is 5.41 Å². The Morgan fingerprint density at radius 2 is 1.82 bits per heavy atom. The lowest BCUT2D eigenvalue weighted by molar-refractivity contribution is 0.380. The highest BCUT2D eigenvalue weighted by atomic mass is 16.5. The molecule has 0 aliphatic carbocycles. The first-order chi connectivity index (χ1) is 10.6. The lowest BCUT2D eigenvalue weighted by Crippen LogP contribution is -2.37. The average Bonchev–Trinajstić information content (AvgIpc) is 2.53. The van der Waals surface area contributed by atoms with Gasteiger partial charge in [0.25, 0.3) is 0 Å². The molecule has 7 heteroatoms. The van der Waals surface area contributed by atoms with E-state index in [9.17, 15) is 20.6 Å². The molecule has 104 valence electrons.